The van der Waals surface area contributed by atoms with E-state index in [1.807, 2.05) is 0 Å². The monoisotopic (exact) mass is 285 g/mol. The third-order valence-electron chi connectivity index (χ3n) is 2.76. The summed E-state index contributed by atoms with van der Waals surface area (Å²) in [5, 5.41) is 13.4. The van der Waals surface area contributed by atoms with E-state index in [0.29, 0.717) is 28.5 Å². The molecule has 0 radical (unpaired) electrons. The van der Waals surface area contributed by atoms with Crippen LogP contribution in [0, 0.1) is 18.3 Å². The highest BCUT2D eigenvalue weighted by Gasteiger charge is 2.15. The lowest BCUT2D eigenvalue weighted by molar-refractivity contribution is 0.440. The van der Waals surface area contributed by atoms with Crippen molar-refractivity contribution in [1.82, 2.24) is 19.6 Å². The summed E-state index contributed by atoms with van der Waals surface area (Å²) in [6.07, 6.45) is 1.36. The zero-order chi connectivity index (χ0) is 14.1. The molecule has 3 rings (SSSR count). The van der Waals surface area contributed by atoms with Gasteiger partial charge in [0.25, 0.3) is 5.78 Å². The quantitative estimate of drug-likeness (QED) is 0.677. The number of para-hydroxylation sites is 1. The SMILES string of the molecule is Cc1c(Cl)nc2ncnn2c1Oc1ccccc1C#N. The van der Waals surface area contributed by atoms with Gasteiger partial charge in [0.1, 0.15) is 23.3 Å². The van der Waals surface area contributed by atoms with Gasteiger partial charge in [-0.3, -0.25) is 0 Å². The summed E-state index contributed by atoms with van der Waals surface area (Å²) < 4.78 is 7.24. The molecule has 0 aliphatic heterocycles. The van der Waals surface area contributed by atoms with E-state index < -0.39 is 0 Å². The van der Waals surface area contributed by atoms with Crippen molar-refractivity contribution in [2.24, 2.45) is 0 Å². The lowest BCUT2D eigenvalue weighted by Gasteiger charge is -2.11. The summed E-state index contributed by atoms with van der Waals surface area (Å²) in [6, 6.07) is 9.00. The highest BCUT2D eigenvalue weighted by molar-refractivity contribution is 6.30. The van der Waals surface area contributed by atoms with Crippen molar-refractivity contribution < 1.29 is 4.74 Å². The Morgan fingerprint density at radius 1 is 1.35 bits per heavy atom. The van der Waals surface area contributed by atoms with Crippen molar-refractivity contribution in [3.05, 3.63) is 46.9 Å². The molecule has 7 heteroatoms. The van der Waals surface area contributed by atoms with Crippen molar-refractivity contribution in [1.29, 1.82) is 5.26 Å². The standard InChI is InChI=1S/C13H8ClN5O/c1-8-11(14)18-13-16-7-17-19(13)12(8)20-10-5-3-2-4-9(10)6-15/h2-5,7H,1H3. The molecule has 3 aromatic rings. The van der Waals surface area contributed by atoms with Gasteiger partial charge < -0.3 is 4.74 Å². The number of halogens is 1. The highest BCUT2D eigenvalue weighted by atomic mass is 35.5. The van der Waals surface area contributed by atoms with Crippen molar-refractivity contribution >= 4 is 17.4 Å². The van der Waals surface area contributed by atoms with Crippen LogP contribution in [0.15, 0.2) is 30.6 Å². The van der Waals surface area contributed by atoms with Gasteiger partial charge in [-0.2, -0.15) is 24.8 Å². The molecular weight excluding hydrogens is 278 g/mol. The van der Waals surface area contributed by atoms with Crippen LogP contribution in [0.2, 0.25) is 5.15 Å². The molecule has 0 bridgehead atoms. The van der Waals surface area contributed by atoms with Crippen molar-refractivity contribution in [2.45, 2.75) is 6.92 Å². The Kier molecular flexibility index (Phi) is 2.97. The molecule has 6 nitrogen and oxygen atoms in total. The van der Waals surface area contributed by atoms with Crippen LogP contribution in [0.4, 0.5) is 0 Å². The molecule has 2 heterocycles. The first-order valence-electron chi connectivity index (χ1n) is 5.73. The van der Waals surface area contributed by atoms with E-state index in [1.54, 1.807) is 31.2 Å². The number of rotatable bonds is 2. The molecule has 0 spiro atoms. The number of nitriles is 1. The second kappa shape index (κ2) is 4.79. The van der Waals surface area contributed by atoms with E-state index in [0.717, 1.165) is 0 Å². The van der Waals surface area contributed by atoms with E-state index in [9.17, 15) is 0 Å². The maximum absolute atomic E-state index is 9.09. The van der Waals surface area contributed by atoms with E-state index >= 15 is 0 Å². The van der Waals surface area contributed by atoms with E-state index in [4.69, 9.17) is 21.6 Å². The number of nitrogens with zero attached hydrogens (tertiary/aromatic N) is 5. The average molecular weight is 286 g/mol. The molecule has 0 amide bonds. The number of fused-ring (bicyclic) bond motifs is 1. The minimum atomic E-state index is 0.287. The molecule has 2 aromatic heterocycles. The van der Waals surface area contributed by atoms with Gasteiger partial charge in [0.2, 0.25) is 5.88 Å². The van der Waals surface area contributed by atoms with Gasteiger partial charge in [-0.25, -0.2) is 0 Å². The van der Waals surface area contributed by atoms with Gasteiger partial charge in [-0.05, 0) is 19.1 Å². The fraction of sp³-hybridized carbons (Fsp3) is 0.0769. The van der Waals surface area contributed by atoms with Crippen LogP contribution in [0.5, 0.6) is 11.6 Å². The van der Waals surface area contributed by atoms with Crippen molar-refractivity contribution in [3.8, 4) is 17.7 Å². The highest BCUT2D eigenvalue weighted by Crippen LogP contribution is 2.30. The number of benzene rings is 1. The number of ether oxygens (including phenoxy) is 1. The van der Waals surface area contributed by atoms with Crippen molar-refractivity contribution in [2.75, 3.05) is 0 Å². The van der Waals surface area contributed by atoms with Gasteiger partial charge in [-0.15, -0.1) is 0 Å². The predicted molar refractivity (Wildman–Crippen MR) is 71.8 cm³/mol. The first-order chi connectivity index (χ1) is 9.70. The maximum Gasteiger partial charge on any atom is 0.256 e. The van der Waals surface area contributed by atoms with Crippen molar-refractivity contribution in [3.63, 3.8) is 0 Å². The molecule has 0 fully saturated rings. The van der Waals surface area contributed by atoms with Gasteiger partial charge in [0.05, 0.1) is 5.56 Å². The van der Waals surface area contributed by atoms with Crippen LogP contribution >= 0.6 is 11.6 Å². The minimum absolute atomic E-state index is 0.287. The topological polar surface area (TPSA) is 76.1 Å². The molecule has 0 atom stereocenters. The molecule has 0 N–H and O–H groups in total. The average Bonchev–Trinajstić information content (AvgIpc) is 2.92. The molecule has 20 heavy (non-hydrogen) atoms. The third kappa shape index (κ3) is 1.94. The first kappa shape index (κ1) is 12.4. The molecule has 0 aliphatic carbocycles. The Hall–Kier alpha value is -2.65. The Bertz CT molecular complexity index is 836. The van der Waals surface area contributed by atoms with E-state index in [1.165, 1.54) is 10.8 Å². The second-order valence-electron chi connectivity index (χ2n) is 4.01. The Morgan fingerprint density at radius 2 is 2.15 bits per heavy atom. The van der Waals surface area contributed by atoms with Crippen LogP contribution < -0.4 is 4.74 Å². The normalized spacial score (nSPS) is 10.4. The van der Waals surface area contributed by atoms with Crippen LogP contribution in [0.25, 0.3) is 5.78 Å². The fourth-order valence-corrected chi connectivity index (χ4v) is 1.90. The summed E-state index contributed by atoms with van der Waals surface area (Å²) in [4.78, 5) is 8.07. The second-order valence-corrected chi connectivity index (χ2v) is 4.37. The molecule has 1 aromatic carbocycles. The molecule has 0 aliphatic rings. The number of hydrogen-bond acceptors (Lipinski definition) is 5. The zero-order valence-electron chi connectivity index (χ0n) is 10.4. The first-order valence-corrected chi connectivity index (χ1v) is 6.11. The lowest BCUT2D eigenvalue weighted by atomic mass is 10.2. The smallest absolute Gasteiger partial charge is 0.256 e. The Morgan fingerprint density at radius 3 is 2.95 bits per heavy atom. The number of aromatic nitrogens is 4. The van der Waals surface area contributed by atoms with Gasteiger partial charge in [0.15, 0.2) is 0 Å². The summed E-state index contributed by atoms with van der Waals surface area (Å²) in [7, 11) is 0. The summed E-state index contributed by atoms with van der Waals surface area (Å²) in [5.74, 6) is 1.16. The van der Waals surface area contributed by atoms with Crippen LogP contribution in [-0.2, 0) is 0 Å². The zero-order valence-corrected chi connectivity index (χ0v) is 11.2. The summed E-state index contributed by atoms with van der Waals surface area (Å²) in [6.45, 7) is 1.76. The summed E-state index contributed by atoms with van der Waals surface area (Å²) in [5.41, 5.74) is 1.05. The van der Waals surface area contributed by atoms with Crippen LogP contribution in [0.3, 0.4) is 0 Å². The largest absolute Gasteiger partial charge is 0.437 e. The Labute approximate surface area is 119 Å². The van der Waals surface area contributed by atoms with Gasteiger partial charge in [0, 0.05) is 5.56 Å². The minimum Gasteiger partial charge on any atom is -0.437 e. The van der Waals surface area contributed by atoms with Gasteiger partial charge >= 0.3 is 0 Å². The molecule has 0 unspecified atom stereocenters. The lowest BCUT2D eigenvalue weighted by Crippen LogP contribution is -2.02. The molecule has 98 valence electrons. The molecule has 0 saturated heterocycles. The third-order valence-corrected chi connectivity index (χ3v) is 3.13. The fourth-order valence-electron chi connectivity index (χ4n) is 1.75. The summed E-state index contributed by atoms with van der Waals surface area (Å²) >= 11 is 6.05. The van der Waals surface area contributed by atoms with E-state index in [-0.39, 0.29) is 5.15 Å². The molecular formula is C13H8ClN5O. The molecule has 0 saturated carbocycles. The van der Waals surface area contributed by atoms with Gasteiger partial charge in [-0.1, -0.05) is 23.7 Å². The van der Waals surface area contributed by atoms with Crippen LogP contribution in [0.1, 0.15) is 11.1 Å². The number of hydrogen-bond donors (Lipinski definition) is 0. The Balaban J connectivity index is 2.18. The predicted octanol–water partition coefficient (Wildman–Crippen LogP) is 2.75. The maximum atomic E-state index is 9.09. The van der Waals surface area contributed by atoms with Crippen LogP contribution in [-0.4, -0.2) is 19.6 Å². The van der Waals surface area contributed by atoms with E-state index in [2.05, 4.69) is 21.1 Å².